The Labute approximate surface area is 95.3 Å². The van der Waals surface area contributed by atoms with E-state index in [0.717, 1.165) is 12.1 Å². The molecule has 0 bridgehead atoms. The van der Waals surface area contributed by atoms with Crippen molar-refractivity contribution < 1.29 is 0 Å². The SMILES string of the molecule is C.C=C1CNC=C/C1=C/C(C)=C\C.CC. The highest BCUT2D eigenvalue weighted by atomic mass is 14.8. The van der Waals surface area contributed by atoms with Gasteiger partial charge in [0.05, 0.1) is 0 Å². The second-order valence-corrected chi connectivity index (χ2v) is 2.95. The monoisotopic (exact) mass is 207 g/mol. The molecule has 0 aromatic carbocycles. The van der Waals surface area contributed by atoms with E-state index in [-0.39, 0.29) is 7.43 Å². The summed E-state index contributed by atoms with van der Waals surface area (Å²) >= 11 is 0. The fourth-order valence-electron chi connectivity index (χ4n) is 1.03. The van der Waals surface area contributed by atoms with E-state index >= 15 is 0 Å². The van der Waals surface area contributed by atoms with Crippen molar-refractivity contribution in [1.29, 1.82) is 0 Å². The molecule has 0 saturated carbocycles. The van der Waals surface area contributed by atoms with Crippen LogP contribution in [0.15, 0.2) is 47.7 Å². The summed E-state index contributed by atoms with van der Waals surface area (Å²) in [7, 11) is 0. The van der Waals surface area contributed by atoms with Crippen LogP contribution in [0.1, 0.15) is 35.1 Å². The van der Waals surface area contributed by atoms with Gasteiger partial charge in [0.2, 0.25) is 0 Å². The second-order valence-electron chi connectivity index (χ2n) is 2.95. The van der Waals surface area contributed by atoms with E-state index in [1.165, 1.54) is 11.1 Å². The Morgan fingerprint density at radius 2 is 2.07 bits per heavy atom. The molecule has 86 valence electrons. The maximum atomic E-state index is 3.97. The van der Waals surface area contributed by atoms with Gasteiger partial charge in [-0.25, -0.2) is 0 Å². The summed E-state index contributed by atoms with van der Waals surface area (Å²) in [5.74, 6) is 0. The van der Waals surface area contributed by atoms with E-state index in [1.54, 1.807) is 0 Å². The number of hydrogen-bond acceptors (Lipinski definition) is 1. The Bertz CT molecular complexity index is 267. The van der Waals surface area contributed by atoms with Crippen LogP contribution in [-0.4, -0.2) is 6.54 Å². The van der Waals surface area contributed by atoms with Gasteiger partial charge in [-0.2, -0.15) is 0 Å². The number of allylic oxidation sites excluding steroid dienone is 4. The first-order valence-electron chi connectivity index (χ1n) is 5.16. The molecule has 0 amide bonds. The van der Waals surface area contributed by atoms with Gasteiger partial charge in [-0.3, -0.25) is 0 Å². The van der Waals surface area contributed by atoms with Crippen LogP contribution in [0.5, 0.6) is 0 Å². The Hall–Kier alpha value is -1.24. The van der Waals surface area contributed by atoms with E-state index in [4.69, 9.17) is 0 Å². The molecule has 1 aliphatic heterocycles. The Morgan fingerprint density at radius 3 is 2.53 bits per heavy atom. The minimum atomic E-state index is 0. The summed E-state index contributed by atoms with van der Waals surface area (Å²) < 4.78 is 0. The first-order valence-corrected chi connectivity index (χ1v) is 5.16. The van der Waals surface area contributed by atoms with Crippen molar-refractivity contribution in [2.45, 2.75) is 35.1 Å². The fourth-order valence-corrected chi connectivity index (χ4v) is 1.03. The smallest absolute Gasteiger partial charge is 0.0395 e. The van der Waals surface area contributed by atoms with E-state index in [9.17, 15) is 0 Å². The average molecular weight is 207 g/mol. The third-order valence-electron chi connectivity index (χ3n) is 1.94. The highest BCUT2D eigenvalue weighted by molar-refractivity contribution is 5.45. The van der Waals surface area contributed by atoms with Gasteiger partial charge in [0, 0.05) is 6.54 Å². The number of rotatable bonds is 1. The summed E-state index contributed by atoms with van der Waals surface area (Å²) in [5, 5.41) is 3.12. The van der Waals surface area contributed by atoms with Crippen LogP contribution in [-0.2, 0) is 0 Å². The zero-order valence-electron chi connectivity index (χ0n) is 9.72. The van der Waals surface area contributed by atoms with Crippen molar-refractivity contribution in [3.8, 4) is 0 Å². The van der Waals surface area contributed by atoms with Gasteiger partial charge < -0.3 is 5.32 Å². The van der Waals surface area contributed by atoms with Gasteiger partial charge in [-0.1, -0.05) is 45.6 Å². The summed E-state index contributed by atoms with van der Waals surface area (Å²) in [6, 6.07) is 0. The van der Waals surface area contributed by atoms with E-state index < -0.39 is 0 Å². The average Bonchev–Trinajstić information content (AvgIpc) is 2.24. The number of nitrogens with one attached hydrogen (secondary N) is 1. The third-order valence-corrected chi connectivity index (χ3v) is 1.94. The third kappa shape index (κ3) is 5.95. The lowest BCUT2D eigenvalue weighted by Gasteiger charge is -2.12. The summed E-state index contributed by atoms with van der Waals surface area (Å²) in [6.07, 6.45) is 8.26. The predicted molar refractivity (Wildman–Crippen MR) is 71.9 cm³/mol. The highest BCUT2D eigenvalue weighted by Gasteiger charge is 2.02. The fraction of sp³-hybridized carbons (Fsp3) is 0.429. The maximum Gasteiger partial charge on any atom is 0.0395 e. The van der Waals surface area contributed by atoms with Gasteiger partial charge >= 0.3 is 0 Å². The quantitative estimate of drug-likeness (QED) is 0.679. The van der Waals surface area contributed by atoms with Crippen molar-refractivity contribution in [3.05, 3.63) is 47.7 Å². The molecule has 1 heterocycles. The molecule has 1 rings (SSSR count). The summed E-state index contributed by atoms with van der Waals surface area (Å²) in [6.45, 7) is 13.0. The lowest BCUT2D eigenvalue weighted by atomic mass is 10.0. The van der Waals surface area contributed by atoms with Crippen LogP contribution >= 0.6 is 0 Å². The molecule has 0 fully saturated rings. The van der Waals surface area contributed by atoms with Gasteiger partial charge in [0.25, 0.3) is 0 Å². The molecule has 0 saturated heterocycles. The van der Waals surface area contributed by atoms with Gasteiger partial charge in [0.15, 0.2) is 0 Å². The Morgan fingerprint density at radius 1 is 1.47 bits per heavy atom. The zero-order chi connectivity index (χ0) is 11.0. The second kappa shape index (κ2) is 9.32. The van der Waals surface area contributed by atoms with Gasteiger partial charge in [0.1, 0.15) is 0 Å². The predicted octanol–water partition coefficient (Wildman–Crippen LogP) is 4.21. The summed E-state index contributed by atoms with van der Waals surface area (Å²) in [5.41, 5.74) is 3.65. The van der Waals surface area contributed by atoms with Crippen LogP contribution in [0.4, 0.5) is 0 Å². The van der Waals surface area contributed by atoms with Crippen LogP contribution in [0, 0.1) is 0 Å². The maximum absolute atomic E-state index is 3.97. The molecule has 1 nitrogen and oxygen atoms in total. The molecule has 1 aliphatic rings. The van der Waals surface area contributed by atoms with Crippen LogP contribution in [0.2, 0.25) is 0 Å². The standard InChI is InChI=1S/C11H15N.C2H6.CH4/c1-4-9(2)7-11-5-6-12-8-10(11)3;1-2;/h4-7,12H,3,8H2,1-2H3;1-2H3;1H4/b9-4-,11-7-;;. The lowest BCUT2D eigenvalue weighted by Crippen LogP contribution is -2.14. The van der Waals surface area contributed by atoms with Gasteiger partial charge in [-0.05, 0) is 37.3 Å². The minimum absolute atomic E-state index is 0. The molecular weight excluding hydrogens is 182 g/mol. The molecule has 0 unspecified atom stereocenters. The molecular formula is C14H25N. The van der Waals surface area contributed by atoms with Crippen LogP contribution in [0.3, 0.4) is 0 Å². The largest absolute Gasteiger partial charge is 0.387 e. The van der Waals surface area contributed by atoms with E-state index in [2.05, 4.69) is 37.0 Å². The number of hydrogen-bond donors (Lipinski definition) is 1. The van der Waals surface area contributed by atoms with Crippen molar-refractivity contribution in [2.75, 3.05) is 6.54 Å². The first kappa shape index (κ1) is 16.2. The van der Waals surface area contributed by atoms with Crippen LogP contribution < -0.4 is 5.32 Å². The lowest BCUT2D eigenvalue weighted by molar-refractivity contribution is 0.926. The molecule has 0 radical (unpaired) electrons. The summed E-state index contributed by atoms with van der Waals surface area (Å²) in [4.78, 5) is 0. The Kier molecular flexibility index (Phi) is 10.1. The topological polar surface area (TPSA) is 12.0 Å². The normalized spacial score (nSPS) is 17.5. The van der Waals surface area contributed by atoms with Gasteiger partial charge in [-0.15, -0.1) is 0 Å². The molecule has 0 spiro atoms. The van der Waals surface area contributed by atoms with E-state index in [1.807, 2.05) is 27.0 Å². The van der Waals surface area contributed by atoms with Crippen molar-refractivity contribution in [2.24, 2.45) is 0 Å². The van der Waals surface area contributed by atoms with Crippen molar-refractivity contribution in [1.82, 2.24) is 5.32 Å². The minimum Gasteiger partial charge on any atom is -0.387 e. The zero-order valence-corrected chi connectivity index (χ0v) is 9.72. The van der Waals surface area contributed by atoms with Crippen molar-refractivity contribution >= 4 is 0 Å². The first-order chi connectivity index (χ1) is 6.74. The highest BCUT2D eigenvalue weighted by Crippen LogP contribution is 2.14. The molecule has 15 heavy (non-hydrogen) atoms. The molecule has 0 atom stereocenters. The molecule has 1 heteroatoms. The molecule has 0 aliphatic carbocycles. The molecule has 0 aromatic rings. The van der Waals surface area contributed by atoms with Crippen LogP contribution in [0.25, 0.3) is 0 Å². The van der Waals surface area contributed by atoms with E-state index in [0.29, 0.717) is 0 Å². The Balaban J connectivity index is 0. The molecule has 1 N–H and O–H groups in total. The van der Waals surface area contributed by atoms with Crippen molar-refractivity contribution in [3.63, 3.8) is 0 Å². The molecule has 0 aromatic heterocycles.